The largest absolute Gasteiger partial charge is 0.493 e. The van der Waals surface area contributed by atoms with Crippen molar-refractivity contribution >= 4 is 0 Å². The number of nitrogens with two attached hydrogens (primary N) is 1. The van der Waals surface area contributed by atoms with Gasteiger partial charge < -0.3 is 10.5 Å². The van der Waals surface area contributed by atoms with Gasteiger partial charge in [-0.3, -0.25) is 0 Å². The van der Waals surface area contributed by atoms with Crippen molar-refractivity contribution in [2.75, 3.05) is 6.61 Å². The summed E-state index contributed by atoms with van der Waals surface area (Å²) in [5.41, 5.74) is 7.49. The standard InChI is InChI=1S/C15H25NO/c1-5-13(16)12-8-6-7-9-14(12)17-11-10-15(2,3)4/h6-9,13H,5,10-11,16H2,1-4H3. The Hall–Kier alpha value is -1.02. The second-order valence-electron chi connectivity index (χ2n) is 5.71. The lowest BCUT2D eigenvalue weighted by atomic mass is 9.93. The molecule has 1 rings (SSSR count). The first kappa shape index (κ1) is 14.0. The first-order chi connectivity index (χ1) is 7.94. The van der Waals surface area contributed by atoms with E-state index in [0.29, 0.717) is 5.41 Å². The highest BCUT2D eigenvalue weighted by molar-refractivity contribution is 5.35. The van der Waals surface area contributed by atoms with E-state index in [2.05, 4.69) is 33.8 Å². The molecule has 0 saturated heterocycles. The monoisotopic (exact) mass is 235 g/mol. The van der Waals surface area contributed by atoms with Crippen LogP contribution in [0.5, 0.6) is 5.75 Å². The quantitative estimate of drug-likeness (QED) is 0.839. The molecule has 2 N–H and O–H groups in total. The van der Waals surface area contributed by atoms with Crippen LogP contribution in [-0.2, 0) is 0 Å². The van der Waals surface area contributed by atoms with Crippen molar-refractivity contribution in [1.29, 1.82) is 0 Å². The second kappa shape index (κ2) is 6.06. The van der Waals surface area contributed by atoms with Crippen molar-refractivity contribution in [3.05, 3.63) is 29.8 Å². The Labute approximate surface area is 105 Å². The molecule has 96 valence electrons. The summed E-state index contributed by atoms with van der Waals surface area (Å²) in [6.45, 7) is 9.51. The van der Waals surface area contributed by atoms with Crippen LogP contribution in [0.4, 0.5) is 0 Å². The molecule has 0 radical (unpaired) electrons. The molecule has 0 bridgehead atoms. The molecule has 1 aromatic carbocycles. The Balaban J connectivity index is 2.64. The highest BCUT2D eigenvalue weighted by atomic mass is 16.5. The second-order valence-corrected chi connectivity index (χ2v) is 5.71. The van der Waals surface area contributed by atoms with E-state index >= 15 is 0 Å². The van der Waals surface area contributed by atoms with E-state index in [9.17, 15) is 0 Å². The van der Waals surface area contributed by atoms with Crippen molar-refractivity contribution in [2.45, 2.75) is 46.6 Å². The fourth-order valence-electron chi connectivity index (χ4n) is 1.61. The lowest BCUT2D eigenvalue weighted by molar-refractivity contribution is 0.240. The molecular weight excluding hydrogens is 210 g/mol. The third-order valence-electron chi connectivity index (χ3n) is 2.87. The minimum Gasteiger partial charge on any atom is -0.493 e. The van der Waals surface area contributed by atoms with E-state index in [-0.39, 0.29) is 6.04 Å². The molecule has 0 heterocycles. The van der Waals surface area contributed by atoms with Crippen LogP contribution in [0.3, 0.4) is 0 Å². The third kappa shape index (κ3) is 4.78. The van der Waals surface area contributed by atoms with Gasteiger partial charge in [-0.1, -0.05) is 45.9 Å². The zero-order chi connectivity index (χ0) is 12.9. The first-order valence-corrected chi connectivity index (χ1v) is 6.41. The van der Waals surface area contributed by atoms with Crippen molar-refractivity contribution in [3.63, 3.8) is 0 Å². The molecule has 17 heavy (non-hydrogen) atoms. The first-order valence-electron chi connectivity index (χ1n) is 6.41. The maximum Gasteiger partial charge on any atom is 0.124 e. The molecule has 0 aromatic heterocycles. The van der Waals surface area contributed by atoms with Crippen molar-refractivity contribution in [3.8, 4) is 5.75 Å². The van der Waals surface area contributed by atoms with Gasteiger partial charge in [0.25, 0.3) is 0 Å². The molecule has 1 atom stereocenters. The van der Waals surface area contributed by atoms with Gasteiger partial charge in [0, 0.05) is 11.6 Å². The number of rotatable bonds is 5. The normalized spacial score (nSPS) is 13.5. The molecule has 0 aliphatic carbocycles. The van der Waals surface area contributed by atoms with Crippen LogP contribution in [0.2, 0.25) is 0 Å². The van der Waals surface area contributed by atoms with Gasteiger partial charge >= 0.3 is 0 Å². The molecule has 2 nitrogen and oxygen atoms in total. The van der Waals surface area contributed by atoms with Gasteiger partial charge in [-0.15, -0.1) is 0 Å². The molecule has 0 aliphatic rings. The van der Waals surface area contributed by atoms with Gasteiger partial charge in [-0.05, 0) is 24.3 Å². The Kier molecular flexibility index (Phi) is 5.01. The van der Waals surface area contributed by atoms with E-state index in [1.807, 2.05) is 18.2 Å². The Morgan fingerprint density at radius 3 is 2.47 bits per heavy atom. The van der Waals surface area contributed by atoms with E-state index < -0.39 is 0 Å². The smallest absolute Gasteiger partial charge is 0.124 e. The van der Waals surface area contributed by atoms with Crippen LogP contribution in [0.15, 0.2) is 24.3 Å². The summed E-state index contributed by atoms with van der Waals surface area (Å²) in [6.07, 6.45) is 1.97. The fourth-order valence-corrected chi connectivity index (χ4v) is 1.61. The van der Waals surface area contributed by atoms with Crippen LogP contribution >= 0.6 is 0 Å². The molecular formula is C15H25NO. The molecule has 0 spiro atoms. The fraction of sp³-hybridized carbons (Fsp3) is 0.600. The summed E-state index contributed by atoms with van der Waals surface area (Å²) < 4.78 is 5.86. The Bertz CT molecular complexity index is 341. The van der Waals surface area contributed by atoms with Crippen LogP contribution in [0, 0.1) is 5.41 Å². The van der Waals surface area contributed by atoms with Crippen molar-refractivity contribution < 1.29 is 4.74 Å². The summed E-state index contributed by atoms with van der Waals surface area (Å²) in [5, 5.41) is 0. The molecule has 1 aromatic rings. The Morgan fingerprint density at radius 1 is 1.24 bits per heavy atom. The molecule has 0 fully saturated rings. The average Bonchev–Trinajstić information content (AvgIpc) is 2.27. The maximum absolute atomic E-state index is 6.07. The van der Waals surface area contributed by atoms with E-state index in [1.165, 1.54) is 0 Å². The SMILES string of the molecule is CCC(N)c1ccccc1OCCC(C)(C)C. The van der Waals surface area contributed by atoms with Crippen LogP contribution < -0.4 is 10.5 Å². The van der Waals surface area contributed by atoms with Crippen LogP contribution in [0.1, 0.15) is 52.1 Å². The van der Waals surface area contributed by atoms with Gasteiger partial charge in [0.05, 0.1) is 6.61 Å². The summed E-state index contributed by atoms with van der Waals surface area (Å²) in [5.74, 6) is 0.936. The van der Waals surface area contributed by atoms with Gasteiger partial charge in [0.2, 0.25) is 0 Å². The zero-order valence-electron chi connectivity index (χ0n) is 11.5. The summed E-state index contributed by atoms with van der Waals surface area (Å²) >= 11 is 0. The molecule has 0 amide bonds. The lowest BCUT2D eigenvalue weighted by Gasteiger charge is -2.20. The molecule has 2 heteroatoms. The summed E-state index contributed by atoms with van der Waals surface area (Å²) in [7, 11) is 0. The number of hydrogen-bond donors (Lipinski definition) is 1. The number of hydrogen-bond acceptors (Lipinski definition) is 2. The van der Waals surface area contributed by atoms with Crippen molar-refractivity contribution in [2.24, 2.45) is 11.1 Å². The topological polar surface area (TPSA) is 35.2 Å². The van der Waals surface area contributed by atoms with Crippen LogP contribution in [-0.4, -0.2) is 6.61 Å². The van der Waals surface area contributed by atoms with Crippen LogP contribution in [0.25, 0.3) is 0 Å². The number of benzene rings is 1. The maximum atomic E-state index is 6.07. The highest BCUT2D eigenvalue weighted by Gasteiger charge is 2.12. The molecule has 0 saturated carbocycles. The average molecular weight is 235 g/mol. The van der Waals surface area contributed by atoms with E-state index in [0.717, 1.165) is 30.8 Å². The van der Waals surface area contributed by atoms with Gasteiger partial charge in [0.1, 0.15) is 5.75 Å². The minimum absolute atomic E-state index is 0.0702. The molecule has 0 aliphatic heterocycles. The zero-order valence-corrected chi connectivity index (χ0v) is 11.5. The van der Waals surface area contributed by atoms with Gasteiger partial charge in [0.15, 0.2) is 0 Å². The van der Waals surface area contributed by atoms with E-state index in [4.69, 9.17) is 10.5 Å². The summed E-state index contributed by atoms with van der Waals surface area (Å²) in [6, 6.07) is 8.15. The van der Waals surface area contributed by atoms with E-state index in [1.54, 1.807) is 0 Å². The van der Waals surface area contributed by atoms with Gasteiger partial charge in [-0.25, -0.2) is 0 Å². The third-order valence-corrected chi connectivity index (χ3v) is 2.87. The highest BCUT2D eigenvalue weighted by Crippen LogP contribution is 2.26. The Morgan fingerprint density at radius 2 is 1.88 bits per heavy atom. The van der Waals surface area contributed by atoms with Gasteiger partial charge in [-0.2, -0.15) is 0 Å². The lowest BCUT2D eigenvalue weighted by Crippen LogP contribution is -2.14. The van der Waals surface area contributed by atoms with Crippen molar-refractivity contribution in [1.82, 2.24) is 0 Å². The number of ether oxygens (including phenoxy) is 1. The minimum atomic E-state index is 0.0702. The number of para-hydroxylation sites is 1. The summed E-state index contributed by atoms with van der Waals surface area (Å²) in [4.78, 5) is 0. The predicted octanol–water partition coefficient (Wildman–Crippen LogP) is 3.91. The molecule has 1 unspecified atom stereocenters. The predicted molar refractivity (Wildman–Crippen MR) is 73.2 cm³/mol.